The van der Waals surface area contributed by atoms with Gasteiger partial charge < -0.3 is 14.8 Å². The van der Waals surface area contributed by atoms with Crippen molar-refractivity contribution in [3.63, 3.8) is 0 Å². The number of nitrogens with one attached hydrogen (secondary N) is 1. The summed E-state index contributed by atoms with van der Waals surface area (Å²) in [5.41, 5.74) is 2.12. The van der Waals surface area contributed by atoms with Crippen LogP contribution in [-0.4, -0.2) is 36.0 Å². The molecular formula is C23H32ClN2O2P. The second-order valence-electron chi connectivity index (χ2n) is 8.67. The van der Waals surface area contributed by atoms with Crippen LogP contribution in [0.25, 0.3) is 11.1 Å². The third-order valence-corrected chi connectivity index (χ3v) is 5.67. The van der Waals surface area contributed by atoms with Crippen molar-refractivity contribution in [2.45, 2.75) is 51.2 Å². The number of anilines is 1. The molecule has 0 bridgehead atoms. The van der Waals surface area contributed by atoms with Gasteiger partial charge in [0.15, 0.2) is 0 Å². The van der Waals surface area contributed by atoms with Crippen molar-refractivity contribution in [1.82, 2.24) is 4.98 Å². The summed E-state index contributed by atoms with van der Waals surface area (Å²) in [7, 11) is 2.92. The molecule has 2 unspecified atom stereocenters. The Labute approximate surface area is 181 Å². The Morgan fingerprint density at radius 3 is 2.79 bits per heavy atom. The second kappa shape index (κ2) is 10.1. The number of nitrogens with zero attached hydrogens (tertiary/aromatic N) is 1. The Morgan fingerprint density at radius 2 is 2.10 bits per heavy atom. The molecule has 4 nitrogen and oxygen atoms in total. The smallest absolute Gasteiger partial charge is 0.137 e. The van der Waals surface area contributed by atoms with Crippen molar-refractivity contribution in [1.29, 1.82) is 0 Å². The summed E-state index contributed by atoms with van der Waals surface area (Å²) >= 11 is 6.53. The molecule has 0 spiro atoms. The average Bonchev–Trinajstić information content (AvgIpc) is 2.67. The molecule has 1 aliphatic heterocycles. The average molecular weight is 435 g/mol. The van der Waals surface area contributed by atoms with Gasteiger partial charge in [0.25, 0.3) is 0 Å². The number of hydrogen-bond donors (Lipinski definition) is 1. The zero-order chi connectivity index (χ0) is 20.9. The van der Waals surface area contributed by atoms with Gasteiger partial charge in [0.1, 0.15) is 11.6 Å². The molecule has 0 amide bonds. The van der Waals surface area contributed by atoms with E-state index in [0.717, 1.165) is 55.2 Å². The van der Waals surface area contributed by atoms with Crippen molar-refractivity contribution in [2.75, 3.05) is 25.1 Å². The number of halogens is 1. The van der Waals surface area contributed by atoms with Crippen molar-refractivity contribution in [2.24, 2.45) is 5.92 Å². The Hall–Kier alpha value is -1.35. The molecule has 29 heavy (non-hydrogen) atoms. The SMILES string of the molecule is CC(C)C[C@](C)(P)COc1ccc(-c2ccnc(NC3CCCOC3)c2)cc1Cl. The number of hydrogen-bond acceptors (Lipinski definition) is 4. The molecule has 1 aromatic heterocycles. The third-order valence-electron chi connectivity index (χ3n) is 4.97. The van der Waals surface area contributed by atoms with E-state index < -0.39 is 0 Å². The molecule has 0 aliphatic carbocycles. The van der Waals surface area contributed by atoms with Crippen LogP contribution < -0.4 is 10.1 Å². The lowest BCUT2D eigenvalue weighted by Gasteiger charge is -2.26. The molecular weight excluding hydrogens is 403 g/mol. The van der Waals surface area contributed by atoms with E-state index in [9.17, 15) is 0 Å². The molecule has 2 heterocycles. The van der Waals surface area contributed by atoms with Gasteiger partial charge in [0.2, 0.25) is 0 Å². The number of aromatic nitrogens is 1. The van der Waals surface area contributed by atoms with Crippen LogP contribution in [0.3, 0.4) is 0 Å². The Balaban J connectivity index is 1.67. The molecule has 1 aromatic carbocycles. The Bertz CT molecular complexity index is 807. The topological polar surface area (TPSA) is 43.4 Å². The molecule has 2 aromatic rings. The van der Waals surface area contributed by atoms with Crippen LogP contribution in [0, 0.1) is 5.92 Å². The van der Waals surface area contributed by atoms with Crippen LogP contribution >= 0.6 is 20.8 Å². The first-order chi connectivity index (χ1) is 13.8. The minimum absolute atomic E-state index is 0.0324. The maximum Gasteiger partial charge on any atom is 0.137 e. The fraction of sp³-hybridized carbons (Fsp3) is 0.522. The summed E-state index contributed by atoms with van der Waals surface area (Å²) in [6.45, 7) is 8.85. The van der Waals surface area contributed by atoms with Crippen molar-refractivity contribution in [3.8, 4) is 16.9 Å². The molecule has 158 valence electrons. The zero-order valence-corrected chi connectivity index (χ0v) is 19.5. The van der Waals surface area contributed by atoms with E-state index in [4.69, 9.17) is 21.1 Å². The summed E-state index contributed by atoms with van der Waals surface area (Å²) in [6, 6.07) is 10.3. The van der Waals surface area contributed by atoms with E-state index in [1.165, 1.54) is 0 Å². The van der Waals surface area contributed by atoms with Gasteiger partial charge in [0.05, 0.1) is 24.3 Å². The predicted molar refractivity (Wildman–Crippen MR) is 125 cm³/mol. The first-order valence-electron chi connectivity index (χ1n) is 10.3. The third kappa shape index (κ3) is 6.84. The summed E-state index contributed by atoms with van der Waals surface area (Å²) < 4.78 is 11.6. The highest BCUT2D eigenvalue weighted by atomic mass is 35.5. The minimum Gasteiger partial charge on any atom is -0.491 e. The number of rotatable bonds is 8. The quantitative estimate of drug-likeness (QED) is 0.513. The molecule has 0 radical (unpaired) electrons. The Morgan fingerprint density at radius 1 is 1.31 bits per heavy atom. The lowest BCUT2D eigenvalue weighted by atomic mass is 9.99. The van der Waals surface area contributed by atoms with Crippen LogP contribution in [0.2, 0.25) is 5.02 Å². The predicted octanol–water partition coefficient (Wildman–Crippen LogP) is 6.05. The van der Waals surface area contributed by atoms with Crippen molar-refractivity contribution < 1.29 is 9.47 Å². The summed E-state index contributed by atoms with van der Waals surface area (Å²) in [5, 5.41) is 4.13. The molecule has 1 fully saturated rings. The van der Waals surface area contributed by atoms with E-state index in [0.29, 0.717) is 23.6 Å². The second-order valence-corrected chi connectivity index (χ2v) is 10.5. The van der Waals surface area contributed by atoms with E-state index in [2.05, 4.69) is 46.4 Å². The summed E-state index contributed by atoms with van der Waals surface area (Å²) in [5.74, 6) is 2.20. The molecule has 3 atom stereocenters. The molecule has 0 saturated carbocycles. The molecule has 1 aliphatic rings. The van der Waals surface area contributed by atoms with E-state index in [-0.39, 0.29) is 5.16 Å². The minimum atomic E-state index is 0.0324. The molecule has 1 N–H and O–H groups in total. The number of pyridine rings is 1. The van der Waals surface area contributed by atoms with E-state index >= 15 is 0 Å². The maximum atomic E-state index is 6.53. The monoisotopic (exact) mass is 434 g/mol. The van der Waals surface area contributed by atoms with E-state index in [1.807, 2.05) is 30.5 Å². The van der Waals surface area contributed by atoms with Crippen LogP contribution in [0.15, 0.2) is 36.5 Å². The van der Waals surface area contributed by atoms with Gasteiger partial charge in [-0.25, -0.2) is 4.98 Å². The molecule has 3 rings (SSSR count). The number of ether oxygens (including phenoxy) is 2. The van der Waals surface area contributed by atoms with Gasteiger partial charge in [-0.1, -0.05) is 38.4 Å². The highest BCUT2D eigenvalue weighted by Gasteiger charge is 2.21. The van der Waals surface area contributed by atoms with Crippen molar-refractivity contribution in [3.05, 3.63) is 41.6 Å². The van der Waals surface area contributed by atoms with Gasteiger partial charge in [-0.3, -0.25) is 0 Å². The standard InChI is InChI=1S/C23H32ClN2O2P/c1-16(2)13-23(3,29)15-28-21-7-6-17(11-20(21)24)18-8-9-25-22(12-18)26-19-5-4-10-27-14-19/h6-9,11-12,16,19H,4-5,10,13-15,29H2,1-3H3,(H,25,26)/t19?,23-/m0/s1. The Kier molecular flexibility index (Phi) is 7.79. The first-order valence-corrected chi connectivity index (χ1v) is 11.3. The van der Waals surface area contributed by atoms with Gasteiger partial charge in [0, 0.05) is 18.0 Å². The highest BCUT2D eigenvalue weighted by Crippen LogP contribution is 2.33. The highest BCUT2D eigenvalue weighted by molar-refractivity contribution is 7.19. The zero-order valence-electron chi connectivity index (χ0n) is 17.6. The maximum absolute atomic E-state index is 6.53. The van der Waals surface area contributed by atoms with Crippen LogP contribution in [0.4, 0.5) is 5.82 Å². The van der Waals surface area contributed by atoms with Crippen molar-refractivity contribution >= 4 is 26.7 Å². The molecule has 6 heteroatoms. The summed E-state index contributed by atoms with van der Waals surface area (Å²) in [4.78, 5) is 4.45. The van der Waals surface area contributed by atoms with Gasteiger partial charge in [-0.05, 0) is 60.6 Å². The van der Waals surface area contributed by atoms with E-state index in [1.54, 1.807) is 0 Å². The number of benzene rings is 1. The fourth-order valence-electron chi connectivity index (χ4n) is 3.78. The normalized spacial score (nSPS) is 19.0. The van der Waals surface area contributed by atoms with Crippen LogP contribution in [-0.2, 0) is 4.74 Å². The first kappa shape index (κ1) is 22.3. The lowest BCUT2D eigenvalue weighted by Crippen LogP contribution is -2.30. The van der Waals surface area contributed by atoms with Crippen LogP contribution in [0.5, 0.6) is 5.75 Å². The largest absolute Gasteiger partial charge is 0.491 e. The lowest BCUT2D eigenvalue weighted by molar-refractivity contribution is 0.0875. The van der Waals surface area contributed by atoms with Crippen LogP contribution in [0.1, 0.15) is 40.0 Å². The van der Waals surface area contributed by atoms with Gasteiger partial charge in [-0.15, -0.1) is 9.24 Å². The summed E-state index contributed by atoms with van der Waals surface area (Å²) in [6.07, 6.45) is 5.09. The fourth-order valence-corrected chi connectivity index (χ4v) is 4.57. The van der Waals surface area contributed by atoms with Gasteiger partial charge in [-0.2, -0.15) is 0 Å². The van der Waals surface area contributed by atoms with Gasteiger partial charge >= 0.3 is 0 Å². The molecule has 1 saturated heterocycles.